The molecular formula is C8H8F2S2. The Bertz CT molecular complexity index is 263. The van der Waals surface area contributed by atoms with Crippen molar-refractivity contribution < 1.29 is 8.78 Å². The molecule has 0 aliphatic carbocycles. The lowest BCUT2D eigenvalue weighted by atomic mass is 10.3. The summed E-state index contributed by atoms with van der Waals surface area (Å²) in [5.74, 6) is -0.652. The van der Waals surface area contributed by atoms with E-state index in [4.69, 9.17) is 0 Å². The summed E-state index contributed by atoms with van der Waals surface area (Å²) in [6.07, 6.45) is 0. The average Bonchev–Trinajstić information content (AvgIpc) is 2.08. The van der Waals surface area contributed by atoms with Gasteiger partial charge in [-0.2, -0.15) is 0 Å². The van der Waals surface area contributed by atoms with Crippen LogP contribution in [0.25, 0.3) is 0 Å². The highest BCUT2D eigenvalue weighted by Gasteiger charge is 2.06. The van der Waals surface area contributed by atoms with Crippen LogP contribution in [-0.4, -0.2) is 5.75 Å². The Hall–Kier alpha value is -0.220. The van der Waals surface area contributed by atoms with Gasteiger partial charge in [-0.25, -0.2) is 8.78 Å². The van der Waals surface area contributed by atoms with Crippen molar-refractivity contribution in [3.8, 4) is 0 Å². The smallest absolute Gasteiger partial charge is 0.173 e. The van der Waals surface area contributed by atoms with Gasteiger partial charge in [-0.3, -0.25) is 0 Å². The molecule has 0 nitrogen and oxygen atoms in total. The van der Waals surface area contributed by atoms with Crippen molar-refractivity contribution in [2.24, 2.45) is 0 Å². The summed E-state index contributed by atoms with van der Waals surface area (Å²) in [7, 11) is 2.76. The van der Waals surface area contributed by atoms with Crippen LogP contribution < -0.4 is 0 Å². The van der Waals surface area contributed by atoms with E-state index in [-0.39, 0.29) is 0 Å². The zero-order valence-corrected chi connectivity index (χ0v) is 8.14. The molecule has 0 bridgehead atoms. The molecule has 0 amide bonds. The third-order valence-corrected chi connectivity index (χ3v) is 3.63. The molecule has 0 aliphatic rings. The lowest BCUT2D eigenvalue weighted by Gasteiger charge is -2.00. The van der Waals surface area contributed by atoms with Crippen molar-refractivity contribution in [1.82, 2.24) is 0 Å². The maximum Gasteiger partial charge on any atom is 0.173 e. The van der Waals surface area contributed by atoms with E-state index in [2.05, 4.69) is 0 Å². The first kappa shape index (κ1) is 9.86. The first-order valence-electron chi connectivity index (χ1n) is 3.49. The van der Waals surface area contributed by atoms with Crippen molar-refractivity contribution in [1.29, 1.82) is 0 Å². The lowest BCUT2D eigenvalue weighted by Crippen LogP contribution is -1.84. The summed E-state index contributed by atoms with van der Waals surface area (Å²) in [5.41, 5.74) is 0. The Kier molecular flexibility index (Phi) is 3.88. The van der Waals surface area contributed by atoms with Gasteiger partial charge in [0.1, 0.15) is 0 Å². The van der Waals surface area contributed by atoms with Gasteiger partial charge in [-0.15, -0.1) is 0 Å². The molecule has 0 heterocycles. The molecule has 4 heteroatoms. The van der Waals surface area contributed by atoms with E-state index in [0.717, 1.165) is 11.8 Å². The first-order valence-corrected chi connectivity index (χ1v) is 5.81. The Morgan fingerprint density at radius 3 is 2.75 bits per heavy atom. The van der Waals surface area contributed by atoms with Crippen LogP contribution in [0.1, 0.15) is 6.92 Å². The van der Waals surface area contributed by atoms with Gasteiger partial charge >= 0.3 is 0 Å². The fourth-order valence-corrected chi connectivity index (χ4v) is 2.34. The quantitative estimate of drug-likeness (QED) is 0.691. The number of benzene rings is 1. The third-order valence-electron chi connectivity index (χ3n) is 1.18. The van der Waals surface area contributed by atoms with Crippen LogP contribution in [0.2, 0.25) is 0 Å². The van der Waals surface area contributed by atoms with Crippen molar-refractivity contribution in [2.75, 3.05) is 5.75 Å². The summed E-state index contributed by atoms with van der Waals surface area (Å²) in [6.45, 7) is 1.97. The van der Waals surface area contributed by atoms with Crippen LogP contribution in [0.4, 0.5) is 8.78 Å². The molecule has 1 aromatic rings. The molecule has 0 atom stereocenters. The topological polar surface area (TPSA) is 0 Å². The Morgan fingerprint density at radius 1 is 1.33 bits per heavy atom. The second-order valence-corrected chi connectivity index (χ2v) is 4.67. The van der Waals surface area contributed by atoms with E-state index >= 15 is 0 Å². The SMILES string of the molecule is CCSSc1cccc(F)c1F. The molecule has 0 saturated heterocycles. The van der Waals surface area contributed by atoms with E-state index in [0.29, 0.717) is 4.90 Å². The van der Waals surface area contributed by atoms with Gasteiger partial charge in [0, 0.05) is 5.75 Å². The van der Waals surface area contributed by atoms with Gasteiger partial charge in [0.05, 0.1) is 4.90 Å². The summed E-state index contributed by atoms with van der Waals surface area (Å²) in [5, 5.41) is 0. The largest absolute Gasteiger partial charge is 0.204 e. The molecule has 0 N–H and O–H groups in total. The van der Waals surface area contributed by atoms with Gasteiger partial charge in [0.25, 0.3) is 0 Å². The number of hydrogen-bond donors (Lipinski definition) is 0. The number of halogens is 2. The van der Waals surface area contributed by atoms with Gasteiger partial charge < -0.3 is 0 Å². The van der Waals surface area contributed by atoms with Crippen molar-refractivity contribution in [3.05, 3.63) is 29.8 Å². The molecule has 0 unspecified atom stereocenters. The van der Waals surface area contributed by atoms with Crippen LogP contribution in [0.15, 0.2) is 23.1 Å². The predicted molar refractivity (Wildman–Crippen MR) is 50.3 cm³/mol. The molecule has 1 rings (SSSR count). The Labute approximate surface area is 78.1 Å². The fourth-order valence-electron chi connectivity index (χ4n) is 0.671. The van der Waals surface area contributed by atoms with Gasteiger partial charge in [0.15, 0.2) is 11.6 Å². The van der Waals surface area contributed by atoms with Crippen LogP contribution in [0.3, 0.4) is 0 Å². The highest BCUT2D eigenvalue weighted by atomic mass is 33.1. The van der Waals surface area contributed by atoms with E-state index in [1.165, 1.54) is 27.7 Å². The monoisotopic (exact) mass is 206 g/mol. The maximum atomic E-state index is 12.9. The summed E-state index contributed by atoms with van der Waals surface area (Å²) in [6, 6.07) is 4.21. The third kappa shape index (κ3) is 2.38. The molecule has 0 radical (unpaired) electrons. The minimum atomic E-state index is -0.781. The minimum Gasteiger partial charge on any atom is -0.204 e. The van der Waals surface area contributed by atoms with Crippen LogP contribution >= 0.6 is 21.6 Å². The van der Waals surface area contributed by atoms with E-state index in [9.17, 15) is 8.78 Å². The molecule has 0 aliphatic heterocycles. The van der Waals surface area contributed by atoms with Gasteiger partial charge in [-0.1, -0.05) is 34.6 Å². The zero-order valence-electron chi connectivity index (χ0n) is 6.51. The summed E-state index contributed by atoms with van der Waals surface area (Å²) < 4.78 is 25.5. The van der Waals surface area contributed by atoms with Gasteiger partial charge in [-0.05, 0) is 12.1 Å². The standard InChI is InChI=1S/C8H8F2S2/c1-2-11-12-7-5-3-4-6(9)8(7)10/h3-5H,2H2,1H3. The van der Waals surface area contributed by atoms with Crippen molar-refractivity contribution in [2.45, 2.75) is 11.8 Å². The minimum absolute atomic E-state index is 0.363. The molecule has 12 heavy (non-hydrogen) atoms. The highest BCUT2D eigenvalue weighted by molar-refractivity contribution is 8.76. The molecular weight excluding hydrogens is 198 g/mol. The van der Waals surface area contributed by atoms with Crippen molar-refractivity contribution in [3.63, 3.8) is 0 Å². The van der Waals surface area contributed by atoms with Crippen LogP contribution in [0.5, 0.6) is 0 Å². The summed E-state index contributed by atoms with van der Waals surface area (Å²) >= 11 is 0. The number of hydrogen-bond acceptors (Lipinski definition) is 2. The fraction of sp³-hybridized carbons (Fsp3) is 0.250. The van der Waals surface area contributed by atoms with E-state index in [1.807, 2.05) is 6.92 Å². The second kappa shape index (κ2) is 4.72. The molecule has 66 valence electrons. The first-order chi connectivity index (χ1) is 5.75. The normalized spacial score (nSPS) is 10.2. The maximum absolute atomic E-state index is 12.9. The van der Waals surface area contributed by atoms with Crippen LogP contribution in [-0.2, 0) is 0 Å². The van der Waals surface area contributed by atoms with Gasteiger partial charge in [0.2, 0.25) is 0 Å². The number of rotatable bonds is 3. The zero-order chi connectivity index (χ0) is 8.97. The molecule has 0 fully saturated rings. The lowest BCUT2D eigenvalue weighted by molar-refractivity contribution is 0.492. The molecule has 0 saturated carbocycles. The van der Waals surface area contributed by atoms with Crippen LogP contribution in [0, 0.1) is 11.6 Å². The molecule has 1 aromatic carbocycles. The van der Waals surface area contributed by atoms with Crippen molar-refractivity contribution >= 4 is 21.6 Å². The highest BCUT2D eigenvalue weighted by Crippen LogP contribution is 2.32. The molecule has 0 spiro atoms. The second-order valence-electron chi connectivity index (χ2n) is 2.04. The summed E-state index contributed by atoms with van der Waals surface area (Å²) in [4.78, 5) is 0.363. The van der Waals surface area contributed by atoms with E-state index < -0.39 is 11.6 Å². The Morgan fingerprint density at radius 2 is 2.08 bits per heavy atom. The predicted octanol–water partition coefficient (Wildman–Crippen LogP) is 3.73. The average molecular weight is 206 g/mol. The Balaban J connectivity index is 2.78. The molecule has 0 aromatic heterocycles. The van der Waals surface area contributed by atoms with E-state index in [1.54, 1.807) is 6.07 Å².